The number of fused-ring (bicyclic) bond motifs is 1. The summed E-state index contributed by atoms with van der Waals surface area (Å²) in [5, 5.41) is 9.18. The number of piperazine rings is 1. The van der Waals surface area contributed by atoms with E-state index in [0.717, 1.165) is 0 Å². The predicted octanol–water partition coefficient (Wildman–Crippen LogP) is -0.242. The summed E-state index contributed by atoms with van der Waals surface area (Å²) in [4.78, 5) is 16.3. The second-order valence-corrected chi connectivity index (χ2v) is 8.62. The number of amides is 1. The van der Waals surface area contributed by atoms with Gasteiger partial charge < -0.3 is 14.7 Å². The van der Waals surface area contributed by atoms with Crippen LogP contribution in [-0.2, 0) is 14.6 Å². The average Bonchev–Trinajstić information content (AvgIpc) is 2.91. The number of ether oxygens (including phenoxy) is 1. The number of nitrogens with zero attached hydrogens (tertiary/aromatic N) is 2. The zero-order valence-corrected chi connectivity index (χ0v) is 14.9. The van der Waals surface area contributed by atoms with Gasteiger partial charge in [-0.3, -0.25) is 9.69 Å². The van der Waals surface area contributed by atoms with Crippen LogP contribution in [0, 0.1) is 0 Å². The Morgan fingerprint density at radius 2 is 1.88 bits per heavy atom. The van der Waals surface area contributed by atoms with E-state index in [1.807, 2.05) is 35.2 Å². The maximum absolute atomic E-state index is 12.6. The molecule has 2 fully saturated rings. The van der Waals surface area contributed by atoms with Crippen molar-refractivity contribution in [1.82, 2.24) is 9.80 Å². The highest BCUT2D eigenvalue weighted by Crippen LogP contribution is 2.27. The molecule has 1 aromatic carbocycles. The van der Waals surface area contributed by atoms with E-state index >= 15 is 0 Å². The number of para-hydroxylation sites is 1. The van der Waals surface area contributed by atoms with E-state index in [9.17, 15) is 18.3 Å². The van der Waals surface area contributed by atoms with Crippen LogP contribution in [-0.4, -0.2) is 85.7 Å². The first-order valence-corrected chi connectivity index (χ1v) is 10.3. The van der Waals surface area contributed by atoms with Crippen molar-refractivity contribution in [3.8, 4) is 5.75 Å². The smallest absolute Gasteiger partial charge is 0.226 e. The number of aliphatic hydroxyl groups is 1. The monoisotopic (exact) mass is 368 g/mol. The van der Waals surface area contributed by atoms with E-state index < -0.39 is 9.84 Å². The number of carbonyl (C=O) groups is 1. The Kier molecular flexibility index (Phi) is 5.61. The molecule has 1 aromatic rings. The van der Waals surface area contributed by atoms with E-state index in [1.54, 1.807) is 4.90 Å². The van der Waals surface area contributed by atoms with Crippen molar-refractivity contribution in [1.29, 1.82) is 0 Å². The van der Waals surface area contributed by atoms with Crippen molar-refractivity contribution in [3.05, 3.63) is 30.3 Å². The van der Waals surface area contributed by atoms with Crippen LogP contribution >= 0.6 is 0 Å². The highest BCUT2D eigenvalue weighted by Gasteiger charge is 2.47. The van der Waals surface area contributed by atoms with Crippen molar-refractivity contribution in [3.63, 3.8) is 0 Å². The normalized spacial score (nSPS) is 25.6. The molecule has 8 heteroatoms. The summed E-state index contributed by atoms with van der Waals surface area (Å²) in [6, 6.07) is 8.75. The summed E-state index contributed by atoms with van der Waals surface area (Å²) in [6.45, 7) is 1.77. The van der Waals surface area contributed by atoms with Crippen LogP contribution in [0.1, 0.15) is 6.42 Å². The van der Waals surface area contributed by atoms with E-state index in [1.165, 1.54) is 0 Å². The number of carbonyl (C=O) groups excluding carboxylic acids is 1. The predicted molar refractivity (Wildman–Crippen MR) is 93.2 cm³/mol. The first-order valence-electron chi connectivity index (χ1n) is 8.53. The molecule has 1 amide bonds. The van der Waals surface area contributed by atoms with Crippen LogP contribution in [0.25, 0.3) is 0 Å². The van der Waals surface area contributed by atoms with E-state index in [4.69, 9.17) is 4.74 Å². The third-order valence-electron chi connectivity index (χ3n) is 4.83. The first kappa shape index (κ1) is 18.2. The van der Waals surface area contributed by atoms with E-state index in [-0.39, 0.29) is 49.1 Å². The van der Waals surface area contributed by atoms with Crippen molar-refractivity contribution in [2.75, 3.05) is 44.4 Å². The van der Waals surface area contributed by atoms with Gasteiger partial charge in [0.25, 0.3) is 0 Å². The van der Waals surface area contributed by atoms with Gasteiger partial charge in [0.15, 0.2) is 9.84 Å². The highest BCUT2D eigenvalue weighted by molar-refractivity contribution is 7.91. The van der Waals surface area contributed by atoms with E-state index in [0.29, 0.717) is 25.4 Å². The summed E-state index contributed by atoms with van der Waals surface area (Å²) in [6.07, 6.45) is 0.220. The van der Waals surface area contributed by atoms with Gasteiger partial charge in [0, 0.05) is 25.7 Å². The largest absolute Gasteiger partial charge is 0.493 e. The Morgan fingerprint density at radius 1 is 1.16 bits per heavy atom. The zero-order chi connectivity index (χ0) is 17.9. The summed E-state index contributed by atoms with van der Waals surface area (Å²) >= 11 is 0. The van der Waals surface area contributed by atoms with Gasteiger partial charge in [-0.15, -0.1) is 0 Å². The lowest BCUT2D eigenvalue weighted by Crippen LogP contribution is -2.61. The summed E-state index contributed by atoms with van der Waals surface area (Å²) in [5.74, 6) is 0.698. The van der Waals surface area contributed by atoms with Gasteiger partial charge in [0.2, 0.25) is 5.91 Å². The van der Waals surface area contributed by atoms with Gasteiger partial charge in [-0.05, 0) is 12.1 Å². The van der Waals surface area contributed by atoms with Gasteiger partial charge >= 0.3 is 0 Å². The number of sulfone groups is 1. The molecule has 0 bridgehead atoms. The maximum Gasteiger partial charge on any atom is 0.226 e. The van der Waals surface area contributed by atoms with Crippen LogP contribution in [0.5, 0.6) is 5.75 Å². The molecule has 2 aliphatic heterocycles. The number of hydrogen-bond acceptors (Lipinski definition) is 6. The van der Waals surface area contributed by atoms with Crippen molar-refractivity contribution in [2.24, 2.45) is 0 Å². The lowest BCUT2D eigenvalue weighted by Gasteiger charge is -2.43. The second kappa shape index (κ2) is 7.72. The summed E-state index contributed by atoms with van der Waals surface area (Å²) in [7, 11) is -3.16. The van der Waals surface area contributed by atoms with Crippen LogP contribution in [0.15, 0.2) is 30.3 Å². The molecule has 25 heavy (non-hydrogen) atoms. The number of β-amino-alcohol motifs (C(OH)–C–C–N with tert-alkyl or cyclic N) is 1. The van der Waals surface area contributed by atoms with Crippen LogP contribution < -0.4 is 4.74 Å². The minimum atomic E-state index is -3.16. The lowest BCUT2D eigenvalue weighted by molar-refractivity contribution is -0.137. The molecule has 0 spiro atoms. The molecule has 0 aliphatic carbocycles. The second-order valence-electron chi connectivity index (χ2n) is 6.47. The molecular formula is C17H24N2O5S. The molecule has 1 N–H and O–H groups in total. The molecule has 7 nitrogen and oxygen atoms in total. The number of hydrogen-bond donors (Lipinski definition) is 1. The van der Waals surface area contributed by atoms with E-state index in [2.05, 4.69) is 0 Å². The van der Waals surface area contributed by atoms with Gasteiger partial charge in [0.1, 0.15) is 5.75 Å². The Morgan fingerprint density at radius 3 is 2.60 bits per heavy atom. The molecule has 0 unspecified atom stereocenters. The summed E-state index contributed by atoms with van der Waals surface area (Å²) in [5.41, 5.74) is 0. The van der Waals surface area contributed by atoms with Gasteiger partial charge in [-0.25, -0.2) is 8.42 Å². The fraction of sp³-hybridized carbons (Fsp3) is 0.588. The maximum atomic E-state index is 12.6. The summed E-state index contributed by atoms with van der Waals surface area (Å²) < 4.78 is 29.7. The topological polar surface area (TPSA) is 87.2 Å². The molecule has 138 valence electrons. The molecule has 0 aromatic heterocycles. The van der Waals surface area contributed by atoms with Gasteiger partial charge in [-0.1, -0.05) is 18.2 Å². The molecule has 0 radical (unpaired) electrons. The molecule has 2 aliphatic rings. The molecule has 0 saturated carbocycles. The Hall–Kier alpha value is -1.64. The Balaban J connectivity index is 1.60. The third kappa shape index (κ3) is 4.31. The van der Waals surface area contributed by atoms with Crippen LogP contribution in [0.4, 0.5) is 0 Å². The SMILES string of the molecule is O=C(CCOc1ccccc1)N1CCN(CCO)[C@@H]2CS(=O)(=O)C[C@@H]21. The Bertz CT molecular complexity index is 694. The zero-order valence-electron chi connectivity index (χ0n) is 14.1. The van der Waals surface area contributed by atoms with Crippen molar-refractivity contribution >= 4 is 15.7 Å². The number of aliphatic hydroxyl groups excluding tert-OH is 1. The van der Waals surface area contributed by atoms with Crippen LogP contribution in [0.2, 0.25) is 0 Å². The standard InChI is InChI=1S/C17H24N2O5S/c20-10-9-18-7-8-19(16-13-25(22,23)12-15(16)18)17(21)6-11-24-14-4-2-1-3-5-14/h1-5,15-16,20H,6-13H2/t15-,16+/m1/s1. The first-order chi connectivity index (χ1) is 12.0. The van der Waals surface area contributed by atoms with Crippen molar-refractivity contribution < 1.29 is 23.1 Å². The molecule has 2 saturated heterocycles. The average molecular weight is 368 g/mol. The molecular weight excluding hydrogens is 344 g/mol. The van der Waals surface area contributed by atoms with Gasteiger partial charge in [-0.2, -0.15) is 0 Å². The molecule has 2 heterocycles. The fourth-order valence-electron chi connectivity index (χ4n) is 3.66. The molecule has 3 rings (SSSR count). The Labute approximate surface area is 148 Å². The third-order valence-corrected chi connectivity index (χ3v) is 6.53. The van der Waals surface area contributed by atoms with Crippen molar-refractivity contribution in [2.45, 2.75) is 18.5 Å². The van der Waals surface area contributed by atoms with Crippen LogP contribution in [0.3, 0.4) is 0 Å². The highest BCUT2D eigenvalue weighted by atomic mass is 32.2. The lowest BCUT2D eigenvalue weighted by atomic mass is 10.0. The quantitative estimate of drug-likeness (QED) is 0.746. The fourth-order valence-corrected chi connectivity index (χ4v) is 5.67. The minimum Gasteiger partial charge on any atom is -0.493 e. The minimum absolute atomic E-state index is 0.00484. The molecule has 2 atom stereocenters. The number of rotatable bonds is 6. The number of benzene rings is 1. The van der Waals surface area contributed by atoms with Gasteiger partial charge in [0.05, 0.1) is 37.2 Å².